The fourth-order valence-electron chi connectivity index (χ4n) is 4.75. The predicted molar refractivity (Wildman–Crippen MR) is 126 cm³/mol. The average molecular weight is 442 g/mol. The molecule has 4 aromatic heterocycles. The largest absolute Gasteiger partial charge is 0.358 e. The zero-order chi connectivity index (χ0) is 22.5. The molecule has 0 aliphatic heterocycles. The van der Waals surface area contributed by atoms with E-state index in [1.54, 1.807) is 10.7 Å². The van der Waals surface area contributed by atoms with E-state index in [9.17, 15) is 4.39 Å². The Labute approximate surface area is 190 Å². The summed E-state index contributed by atoms with van der Waals surface area (Å²) >= 11 is 0. The maximum atomic E-state index is 13.9. The maximum absolute atomic E-state index is 13.9. The third-order valence-corrected chi connectivity index (χ3v) is 6.41. The van der Waals surface area contributed by atoms with Gasteiger partial charge in [0.25, 0.3) is 0 Å². The van der Waals surface area contributed by atoms with Gasteiger partial charge in [-0.05, 0) is 36.5 Å². The van der Waals surface area contributed by atoms with Gasteiger partial charge in [-0.2, -0.15) is 14.6 Å². The van der Waals surface area contributed by atoms with Gasteiger partial charge in [0.2, 0.25) is 5.95 Å². The highest BCUT2D eigenvalue weighted by molar-refractivity contribution is 5.85. The van der Waals surface area contributed by atoms with Crippen molar-refractivity contribution in [1.82, 2.24) is 29.5 Å². The van der Waals surface area contributed by atoms with Crippen molar-refractivity contribution < 1.29 is 4.39 Å². The van der Waals surface area contributed by atoms with Crippen molar-refractivity contribution in [3.63, 3.8) is 0 Å². The van der Waals surface area contributed by atoms with E-state index in [0.717, 1.165) is 30.5 Å². The number of anilines is 1. The highest BCUT2D eigenvalue weighted by atomic mass is 19.1. The van der Waals surface area contributed by atoms with Crippen LogP contribution in [-0.4, -0.2) is 35.6 Å². The van der Waals surface area contributed by atoms with Crippen molar-refractivity contribution >= 4 is 22.5 Å². The van der Waals surface area contributed by atoms with Crippen LogP contribution in [0.15, 0.2) is 48.9 Å². The Bertz CT molecular complexity index is 1480. The molecule has 33 heavy (non-hydrogen) atoms. The van der Waals surface area contributed by atoms with E-state index in [-0.39, 0.29) is 12.0 Å². The zero-order valence-corrected chi connectivity index (χ0v) is 18.5. The number of halogens is 1. The molecule has 0 amide bonds. The van der Waals surface area contributed by atoms with Gasteiger partial charge in [-0.25, -0.2) is 9.37 Å². The Morgan fingerprint density at radius 2 is 2.03 bits per heavy atom. The summed E-state index contributed by atoms with van der Waals surface area (Å²) in [4.78, 5) is 17.0. The third kappa shape index (κ3) is 3.42. The van der Waals surface area contributed by atoms with Crippen molar-refractivity contribution in [1.29, 1.82) is 0 Å². The molecule has 0 saturated heterocycles. The zero-order valence-electron chi connectivity index (χ0n) is 18.5. The van der Waals surface area contributed by atoms with Crippen LogP contribution in [0.3, 0.4) is 0 Å². The number of benzene rings is 1. The summed E-state index contributed by atoms with van der Waals surface area (Å²) in [6, 6.07) is 10.1. The number of hydrogen-bond donors (Lipinski definition) is 2. The molecule has 6 rings (SSSR count). The van der Waals surface area contributed by atoms with Crippen LogP contribution in [0.1, 0.15) is 43.0 Å². The van der Waals surface area contributed by atoms with Crippen LogP contribution in [-0.2, 0) is 12.8 Å². The molecule has 0 saturated carbocycles. The van der Waals surface area contributed by atoms with Gasteiger partial charge >= 0.3 is 0 Å². The molecule has 0 unspecified atom stereocenters. The Balaban J connectivity index is 1.40. The van der Waals surface area contributed by atoms with Gasteiger partial charge in [0, 0.05) is 46.4 Å². The first-order valence-corrected chi connectivity index (χ1v) is 11.3. The van der Waals surface area contributed by atoms with Gasteiger partial charge in [0.05, 0.1) is 12.4 Å². The van der Waals surface area contributed by atoms with Crippen LogP contribution < -0.4 is 5.32 Å². The molecule has 1 atom stereocenters. The number of nitrogens with one attached hydrogen (secondary N) is 2. The lowest BCUT2D eigenvalue weighted by Gasteiger charge is -2.24. The molecule has 0 spiro atoms. The molecule has 4 heterocycles. The van der Waals surface area contributed by atoms with Gasteiger partial charge in [-0.1, -0.05) is 32.0 Å². The van der Waals surface area contributed by atoms with Crippen LogP contribution in [0, 0.1) is 5.82 Å². The first kappa shape index (κ1) is 19.8. The molecule has 1 aliphatic rings. The number of fused-ring (bicyclic) bond motifs is 4. The van der Waals surface area contributed by atoms with E-state index in [1.165, 1.54) is 34.4 Å². The Morgan fingerprint density at radius 1 is 1.15 bits per heavy atom. The maximum Gasteiger partial charge on any atom is 0.228 e. The van der Waals surface area contributed by atoms with Gasteiger partial charge in [0.1, 0.15) is 5.82 Å². The number of nitrogens with zero attached hydrogens (tertiary/aromatic N) is 5. The first-order valence-electron chi connectivity index (χ1n) is 11.3. The number of pyridine rings is 1. The summed E-state index contributed by atoms with van der Waals surface area (Å²) in [6.07, 6.45) is 7.44. The molecule has 0 fully saturated rings. The Morgan fingerprint density at radius 3 is 2.88 bits per heavy atom. The number of aromatic nitrogens is 6. The fraction of sp³-hybridized carbons (Fsp3) is 0.280. The summed E-state index contributed by atoms with van der Waals surface area (Å²) < 4.78 is 15.6. The molecule has 0 radical (unpaired) electrons. The molecular formula is C25H24FN7. The van der Waals surface area contributed by atoms with Crippen LogP contribution in [0.2, 0.25) is 0 Å². The van der Waals surface area contributed by atoms with Gasteiger partial charge in [-0.3, -0.25) is 4.98 Å². The van der Waals surface area contributed by atoms with E-state index in [2.05, 4.69) is 58.5 Å². The monoisotopic (exact) mass is 441 g/mol. The van der Waals surface area contributed by atoms with E-state index >= 15 is 0 Å². The molecule has 1 aromatic carbocycles. The second-order valence-electron chi connectivity index (χ2n) is 8.96. The minimum Gasteiger partial charge on any atom is -0.358 e. The first-order chi connectivity index (χ1) is 16.1. The van der Waals surface area contributed by atoms with Crippen LogP contribution >= 0.6 is 0 Å². The van der Waals surface area contributed by atoms with Crippen LogP contribution in [0.5, 0.6) is 0 Å². The average Bonchev–Trinajstić information content (AvgIpc) is 3.40. The number of H-pyrrole nitrogens is 1. The molecule has 8 heteroatoms. The topological polar surface area (TPSA) is 83.8 Å². The molecule has 166 valence electrons. The summed E-state index contributed by atoms with van der Waals surface area (Å²) in [7, 11) is 0. The SMILES string of the molecule is CC(C)c1cnn2c(N[C@H]3CCc4c([nH]c5ccccc45)C3)nc(-c3cncc(F)c3)nc12. The van der Waals surface area contributed by atoms with Crippen molar-refractivity contribution in [2.75, 3.05) is 5.32 Å². The number of para-hydroxylation sites is 1. The normalized spacial score (nSPS) is 15.9. The number of aryl methyl sites for hydroxylation is 1. The molecule has 0 bridgehead atoms. The lowest BCUT2D eigenvalue weighted by molar-refractivity contribution is 0.598. The second-order valence-corrected chi connectivity index (χ2v) is 8.96. The lowest BCUT2D eigenvalue weighted by Crippen LogP contribution is -2.29. The number of hydrogen-bond acceptors (Lipinski definition) is 5. The van der Waals surface area contributed by atoms with Gasteiger partial charge in [-0.15, -0.1) is 0 Å². The summed E-state index contributed by atoms with van der Waals surface area (Å²) in [5.74, 6) is 0.867. The van der Waals surface area contributed by atoms with E-state index in [4.69, 9.17) is 9.97 Å². The Kier molecular flexibility index (Phi) is 4.60. The highest BCUT2D eigenvalue weighted by Gasteiger charge is 2.24. The summed E-state index contributed by atoms with van der Waals surface area (Å²) in [5, 5.41) is 9.48. The highest BCUT2D eigenvalue weighted by Crippen LogP contribution is 2.31. The van der Waals surface area contributed by atoms with E-state index < -0.39 is 5.82 Å². The molecule has 2 N–H and O–H groups in total. The van der Waals surface area contributed by atoms with E-state index in [0.29, 0.717) is 17.3 Å². The van der Waals surface area contributed by atoms with Crippen molar-refractivity contribution in [2.45, 2.75) is 45.1 Å². The summed E-state index contributed by atoms with van der Waals surface area (Å²) in [5.41, 5.74) is 6.14. The van der Waals surface area contributed by atoms with Crippen LogP contribution in [0.25, 0.3) is 27.9 Å². The fourth-order valence-corrected chi connectivity index (χ4v) is 4.75. The molecule has 5 aromatic rings. The molecule has 1 aliphatic carbocycles. The van der Waals surface area contributed by atoms with Gasteiger partial charge in [0.15, 0.2) is 11.5 Å². The lowest BCUT2D eigenvalue weighted by atomic mass is 9.92. The summed E-state index contributed by atoms with van der Waals surface area (Å²) in [6.45, 7) is 4.21. The minimum atomic E-state index is -0.415. The number of rotatable bonds is 4. The quantitative estimate of drug-likeness (QED) is 0.414. The van der Waals surface area contributed by atoms with Crippen molar-refractivity contribution in [2.24, 2.45) is 0 Å². The van der Waals surface area contributed by atoms with Crippen molar-refractivity contribution in [3.05, 3.63) is 71.6 Å². The van der Waals surface area contributed by atoms with E-state index in [1.807, 2.05) is 6.20 Å². The van der Waals surface area contributed by atoms with Crippen LogP contribution in [0.4, 0.5) is 10.3 Å². The smallest absolute Gasteiger partial charge is 0.228 e. The Hall–Kier alpha value is -3.81. The number of aromatic amines is 1. The van der Waals surface area contributed by atoms with Crippen molar-refractivity contribution in [3.8, 4) is 11.4 Å². The molecule has 7 nitrogen and oxygen atoms in total. The standard InChI is InChI=1S/C25H24FN7/c1-14(2)20-13-28-33-24(20)31-23(15-9-16(26)12-27-11-15)32-25(33)29-17-7-8-19-18-5-3-4-6-21(18)30-22(19)10-17/h3-6,9,11-14,17,30H,7-8,10H2,1-2H3,(H,29,31,32)/t17-/m0/s1. The molecular weight excluding hydrogens is 417 g/mol. The minimum absolute atomic E-state index is 0.189. The predicted octanol–water partition coefficient (Wildman–Crippen LogP) is 4.90. The third-order valence-electron chi connectivity index (χ3n) is 6.41. The second kappa shape index (κ2) is 7.65. The van der Waals surface area contributed by atoms with Gasteiger partial charge < -0.3 is 10.3 Å².